The van der Waals surface area contributed by atoms with Crippen LogP contribution in [0.2, 0.25) is 0 Å². The predicted molar refractivity (Wildman–Crippen MR) is 61.2 cm³/mol. The lowest BCUT2D eigenvalue weighted by Gasteiger charge is -2.02. The van der Waals surface area contributed by atoms with Gasteiger partial charge in [0.2, 0.25) is 0 Å². The SMILES string of the molecule is C=C(C)CCCc1cccc(C(=O)O)c1. The van der Waals surface area contributed by atoms with E-state index in [0.29, 0.717) is 5.56 Å². The van der Waals surface area contributed by atoms with Crippen molar-refractivity contribution in [1.82, 2.24) is 0 Å². The van der Waals surface area contributed by atoms with Crippen LogP contribution in [0.25, 0.3) is 0 Å². The molecule has 1 rings (SSSR count). The van der Waals surface area contributed by atoms with Gasteiger partial charge in [0.15, 0.2) is 0 Å². The van der Waals surface area contributed by atoms with Gasteiger partial charge in [0, 0.05) is 0 Å². The van der Waals surface area contributed by atoms with E-state index < -0.39 is 5.97 Å². The molecule has 2 heteroatoms. The van der Waals surface area contributed by atoms with E-state index in [1.807, 2.05) is 13.0 Å². The van der Waals surface area contributed by atoms with E-state index in [4.69, 9.17) is 5.11 Å². The number of allylic oxidation sites excluding steroid dienone is 1. The minimum absolute atomic E-state index is 0.364. The van der Waals surface area contributed by atoms with Gasteiger partial charge in [0.25, 0.3) is 0 Å². The number of benzene rings is 1. The van der Waals surface area contributed by atoms with Gasteiger partial charge in [0.1, 0.15) is 0 Å². The zero-order valence-corrected chi connectivity index (χ0v) is 8.99. The zero-order valence-electron chi connectivity index (χ0n) is 8.99. The van der Waals surface area contributed by atoms with Crippen molar-refractivity contribution < 1.29 is 9.90 Å². The maximum atomic E-state index is 10.7. The first-order valence-electron chi connectivity index (χ1n) is 5.06. The number of carboxylic acid groups (broad SMARTS) is 1. The molecule has 0 atom stereocenters. The highest BCUT2D eigenvalue weighted by atomic mass is 16.4. The highest BCUT2D eigenvalue weighted by molar-refractivity contribution is 5.87. The van der Waals surface area contributed by atoms with Gasteiger partial charge in [-0.05, 0) is 43.9 Å². The predicted octanol–water partition coefficient (Wildman–Crippen LogP) is 3.28. The van der Waals surface area contributed by atoms with Crippen LogP contribution in [0.3, 0.4) is 0 Å². The molecule has 0 unspecified atom stereocenters. The largest absolute Gasteiger partial charge is 0.478 e. The summed E-state index contributed by atoms with van der Waals surface area (Å²) in [5.41, 5.74) is 2.61. The van der Waals surface area contributed by atoms with Crippen LogP contribution in [0.1, 0.15) is 35.7 Å². The summed E-state index contributed by atoms with van der Waals surface area (Å²) in [6.45, 7) is 5.85. The van der Waals surface area contributed by atoms with Crippen molar-refractivity contribution in [2.24, 2.45) is 0 Å². The smallest absolute Gasteiger partial charge is 0.335 e. The fraction of sp³-hybridized carbons (Fsp3) is 0.308. The molecular weight excluding hydrogens is 188 g/mol. The summed E-state index contributed by atoms with van der Waals surface area (Å²) in [5.74, 6) is -0.864. The number of aryl methyl sites for hydroxylation is 1. The molecule has 0 bridgehead atoms. The highest BCUT2D eigenvalue weighted by Crippen LogP contribution is 2.10. The molecular formula is C13H16O2. The van der Waals surface area contributed by atoms with Gasteiger partial charge < -0.3 is 5.11 Å². The third-order valence-electron chi connectivity index (χ3n) is 2.24. The molecule has 80 valence electrons. The minimum atomic E-state index is -0.864. The summed E-state index contributed by atoms with van der Waals surface area (Å²) in [7, 11) is 0. The second-order valence-corrected chi connectivity index (χ2v) is 3.82. The molecule has 0 saturated heterocycles. The fourth-order valence-electron chi connectivity index (χ4n) is 1.45. The molecule has 0 fully saturated rings. The number of carbonyl (C=O) groups is 1. The van der Waals surface area contributed by atoms with Crippen LogP contribution in [0.5, 0.6) is 0 Å². The van der Waals surface area contributed by atoms with E-state index in [1.165, 1.54) is 5.57 Å². The van der Waals surface area contributed by atoms with E-state index in [0.717, 1.165) is 24.8 Å². The molecule has 2 nitrogen and oxygen atoms in total. The second-order valence-electron chi connectivity index (χ2n) is 3.82. The van der Waals surface area contributed by atoms with E-state index in [1.54, 1.807) is 18.2 Å². The van der Waals surface area contributed by atoms with Crippen LogP contribution >= 0.6 is 0 Å². The van der Waals surface area contributed by atoms with Gasteiger partial charge in [-0.1, -0.05) is 17.7 Å². The summed E-state index contributed by atoms with van der Waals surface area (Å²) in [5, 5.41) is 8.81. The van der Waals surface area contributed by atoms with E-state index in [2.05, 4.69) is 6.58 Å². The summed E-state index contributed by atoms with van der Waals surface area (Å²) >= 11 is 0. The Morgan fingerprint density at radius 1 is 1.47 bits per heavy atom. The molecule has 0 aliphatic carbocycles. The molecule has 15 heavy (non-hydrogen) atoms. The molecule has 0 amide bonds. The molecule has 0 aliphatic rings. The van der Waals surface area contributed by atoms with Gasteiger partial charge >= 0.3 is 5.97 Å². The second kappa shape index (κ2) is 5.35. The Bertz CT molecular complexity index is 367. The minimum Gasteiger partial charge on any atom is -0.478 e. The lowest BCUT2D eigenvalue weighted by molar-refractivity contribution is 0.0697. The van der Waals surface area contributed by atoms with Crippen molar-refractivity contribution in [3.63, 3.8) is 0 Å². The molecule has 0 heterocycles. The number of hydrogen-bond donors (Lipinski definition) is 1. The van der Waals surface area contributed by atoms with Crippen molar-refractivity contribution in [2.45, 2.75) is 26.2 Å². The van der Waals surface area contributed by atoms with Gasteiger partial charge in [-0.2, -0.15) is 0 Å². The van der Waals surface area contributed by atoms with Crippen LogP contribution in [0.15, 0.2) is 36.4 Å². The number of hydrogen-bond acceptors (Lipinski definition) is 1. The van der Waals surface area contributed by atoms with Crippen molar-refractivity contribution in [1.29, 1.82) is 0 Å². The highest BCUT2D eigenvalue weighted by Gasteiger charge is 2.02. The Balaban J connectivity index is 2.58. The Kier molecular flexibility index (Phi) is 4.10. The first kappa shape index (κ1) is 11.5. The van der Waals surface area contributed by atoms with Gasteiger partial charge in [-0.15, -0.1) is 6.58 Å². The maximum absolute atomic E-state index is 10.7. The summed E-state index contributed by atoms with van der Waals surface area (Å²) in [6, 6.07) is 7.11. The van der Waals surface area contributed by atoms with Crippen LogP contribution in [0.4, 0.5) is 0 Å². The molecule has 0 saturated carbocycles. The molecule has 1 aromatic carbocycles. The Labute approximate surface area is 90.3 Å². The Morgan fingerprint density at radius 3 is 2.80 bits per heavy atom. The van der Waals surface area contributed by atoms with Crippen molar-refractivity contribution >= 4 is 5.97 Å². The van der Waals surface area contributed by atoms with Gasteiger partial charge in [0.05, 0.1) is 5.56 Å². The number of aromatic carboxylic acids is 1. The molecule has 0 aliphatic heterocycles. The monoisotopic (exact) mass is 204 g/mol. The van der Waals surface area contributed by atoms with E-state index >= 15 is 0 Å². The maximum Gasteiger partial charge on any atom is 0.335 e. The number of rotatable bonds is 5. The Morgan fingerprint density at radius 2 is 2.20 bits per heavy atom. The third-order valence-corrected chi connectivity index (χ3v) is 2.24. The van der Waals surface area contributed by atoms with Crippen LogP contribution in [-0.4, -0.2) is 11.1 Å². The van der Waals surface area contributed by atoms with E-state index in [9.17, 15) is 4.79 Å². The fourth-order valence-corrected chi connectivity index (χ4v) is 1.45. The first-order chi connectivity index (χ1) is 7.09. The van der Waals surface area contributed by atoms with Crippen molar-refractivity contribution in [3.8, 4) is 0 Å². The summed E-state index contributed by atoms with van der Waals surface area (Å²) < 4.78 is 0. The lowest BCUT2D eigenvalue weighted by atomic mass is 10.0. The average Bonchev–Trinajstić information content (AvgIpc) is 2.17. The quantitative estimate of drug-likeness (QED) is 0.747. The van der Waals surface area contributed by atoms with Crippen molar-refractivity contribution in [2.75, 3.05) is 0 Å². The van der Waals surface area contributed by atoms with Crippen LogP contribution in [0, 0.1) is 0 Å². The topological polar surface area (TPSA) is 37.3 Å². The molecule has 1 N–H and O–H groups in total. The Hall–Kier alpha value is -1.57. The molecule has 0 spiro atoms. The molecule has 0 radical (unpaired) electrons. The summed E-state index contributed by atoms with van der Waals surface area (Å²) in [6.07, 6.45) is 2.93. The molecule has 0 aromatic heterocycles. The summed E-state index contributed by atoms with van der Waals surface area (Å²) in [4.78, 5) is 10.7. The average molecular weight is 204 g/mol. The standard InChI is InChI=1S/C13H16O2/c1-10(2)5-3-6-11-7-4-8-12(9-11)13(14)15/h4,7-9H,1,3,5-6H2,2H3,(H,14,15). The first-order valence-corrected chi connectivity index (χ1v) is 5.06. The normalized spacial score (nSPS) is 9.93. The zero-order chi connectivity index (χ0) is 11.3. The number of carboxylic acids is 1. The third kappa shape index (κ3) is 3.98. The van der Waals surface area contributed by atoms with Gasteiger partial charge in [-0.25, -0.2) is 4.79 Å². The van der Waals surface area contributed by atoms with Crippen LogP contribution in [-0.2, 0) is 6.42 Å². The van der Waals surface area contributed by atoms with Gasteiger partial charge in [-0.3, -0.25) is 0 Å². The van der Waals surface area contributed by atoms with E-state index in [-0.39, 0.29) is 0 Å². The van der Waals surface area contributed by atoms with Crippen molar-refractivity contribution in [3.05, 3.63) is 47.5 Å². The van der Waals surface area contributed by atoms with Crippen LogP contribution < -0.4 is 0 Å². The lowest BCUT2D eigenvalue weighted by Crippen LogP contribution is -1.97. The molecule has 1 aromatic rings.